The maximum atomic E-state index is 6.08. The number of fused-ring (bicyclic) bond motifs is 1. The normalized spacial score (nSPS) is 19.7. The van der Waals surface area contributed by atoms with Gasteiger partial charge in [-0.15, -0.1) is 0 Å². The number of likely N-dealkylation sites (tertiary alicyclic amines) is 1. The van der Waals surface area contributed by atoms with E-state index in [1.165, 1.54) is 25.9 Å². The molecule has 4 heteroatoms. The van der Waals surface area contributed by atoms with Crippen molar-refractivity contribution in [3.8, 4) is 5.75 Å². The van der Waals surface area contributed by atoms with E-state index < -0.39 is 0 Å². The summed E-state index contributed by atoms with van der Waals surface area (Å²) in [4.78, 5) is 4.90. The molecule has 98 valence electrons. The van der Waals surface area contributed by atoms with Gasteiger partial charge in [0.05, 0.1) is 12.2 Å². The molecular weight excluding hydrogens is 226 g/mol. The lowest BCUT2D eigenvalue weighted by atomic mass is 10.2. The molecule has 18 heavy (non-hydrogen) atoms. The van der Waals surface area contributed by atoms with Gasteiger partial charge in [-0.05, 0) is 38.1 Å². The quantitative estimate of drug-likeness (QED) is 0.823. The third-order valence-electron chi connectivity index (χ3n) is 3.85. The SMILES string of the molecule is Nc1cccc2c1N(CCN1CCCC1)CCO2. The molecule has 2 heterocycles. The number of nitrogen functional groups attached to an aromatic ring is 1. The topological polar surface area (TPSA) is 41.7 Å². The van der Waals surface area contributed by atoms with Gasteiger partial charge in [-0.2, -0.15) is 0 Å². The maximum Gasteiger partial charge on any atom is 0.144 e. The minimum atomic E-state index is 0.760. The second kappa shape index (κ2) is 5.06. The summed E-state index contributed by atoms with van der Waals surface area (Å²) >= 11 is 0. The largest absolute Gasteiger partial charge is 0.489 e. The predicted molar refractivity (Wildman–Crippen MR) is 74.2 cm³/mol. The van der Waals surface area contributed by atoms with Gasteiger partial charge < -0.3 is 20.3 Å². The smallest absolute Gasteiger partial charge is 0.144 e. The van der Waals surface area contributed by atoms with Crippen molar-refractivity contribution in [3.05, 3.63) is 18.2 Å². The first-order valence-corrected chi connectivity index (χ1v) is 6.83. The van der Waals surface area contributed by atoms with E-state index in [9.17, 15) is 0 Å². The molecule has 0 spiro atoms. The second-order valence-electron chi connectivity index (χ2n) is 5.08. The zero-order valence-corrected chi connectivity index (χ0v) is 10.8. The minimum Gasteiger partial charge on any atom is -0.489 e. The van der Waals surface area contributed by atoms with E-state index in [1.807, 2.05) is 18.2 Å². The number of nitrogens with two attached hydrogens (primary N) is 1. The highest BCUT2D eigenvalue weighted by atomic mass is 16.5. The lowest BCUT2D eigenvalue weighted by Crippen LogP contribution is -2.39. The number of para-hydroxylation sites is 1. The average molecular weight is 247 g/mol. The van der Waals surface area contributed by atoms with Gasteiger partial charge in [-0.25, -0.2) is 0 Å². The molecule has 2 aliphatic heterocycles. The fourth-order valence-corrected chi connectivity index (χ4v) is 2.86. The maximum absolute atomic E-state index is 6.08. The molecule has 2 aliphatic rings. The van der Waals surface area contributed by atoms with Gasteiger partial charge in [-0.1, -0.05) is 6.07 Å². The molecule has 0 amide bonds. The molecule has 3 rings (SSSR count). The fraction of sp³-hybridized carbons (Fsp3) is 0.571. The summed E-state index contributed by atoms with van der Waals surface area (Å²) < 4.78 is 5.67. The van der Waals surface area contributed by atoms with Crippen molar-refractivity contribution in [1.29, 1.82) is 0 Å². The summed E-state index contributed by atoms with van der Waals surface area (Å²) in [5.74, 6) is 0.933. The molecular formula is C14H21N3O. The van der Waals surface area contributed by atoms with E-state index in [2.05, 4.69) is 9.80 Å². The molecule has 0 atom stereocenters. The first-order valence-electron chi connectivity index (χ1n) is 6.83. The van der Waals surface area contributed by atoms with Crippen molar-refractivity contribution in [1.82, 2.24) is 4.90 Å². The van der Waals surface area contributed by atoms with Crippen molar-refractivity contribution < 1.29 is 4.74 Å². The van der Waals surface area contributed by atoms with Crippen molar-refractivity contribution >= 4 is 11.4 Å². The van der Waals surface area contributed by atoms with Crippen LogP contribution in [-0.2, 0) is 0 Å². The zero-order valence-electron chi connectivity index (χ0n) is 10.8. The first kappa shape index (κ1) is 11.7. The molecule has 0 aliphatic carbocycles. The van der Waals surface area contributed by atoms with Gasteiger partial charge >= 0.3 is 0 Å². The molecule has 1 aromatic carbocycles. The summed E-state index contributed by atoms with van der Waals surface area (Å²) in [6.07, 6.45) is 2.70. The Labute approximate surface area is 108 Å². The van der Waals surface area contributed by atoms with Gasteiger partial charge in [0.25, 0.3) is 0 Å². The summed E-state index contributed by atoms with van der Waals surface area (Å²) in [7, 11) is 0. The van der Waals surface area contributed by atoms with Crippen molar-refractivity contribution in [2.75, 3.05) is 50.0 Å². The first-order chi connectivity index (χ1) is 8.84. The highest BCUT2D eigenvalue weighted by Crippen LogP contribution is 2.36. The van der Waals surface area contributed by atoms with Crippen LogP contribution in [0.1, 0.15) is 12.8 Å². The summed E-state index contributed by atoms with van der Waals surface area (Å²) in [6.45, 7) is 6.38. The molecule has 0 saturated carbocycles. The van der Waals surface area contributed by atoms with Crippen LogP contribution in [0.25, 0.3) is 0 Å². The number of hydrogen-bond donors (Lipinski definition) is 1. The monoisotopic (exact) mass is 247 g/mol. The fourth-order valence-electron chi connectivity index (χ4n) is 2.86. The molecule has 0 radical (unpaired) electrons. The molecule has 1 aromatic rings. The number of ether oxygens (including phenoxy) is 1. The third kappa shape index (κ3) is 2.25. The molecule has 1 fully saturated rings. The average Bonchev–Trinajstić information content (AvgIpc) is 2.89. The van der Waals surface area contributed by atoms with Crippen LogP contribution >= 0.6 is 0 Å². The van der Waals surface area contributed by atoms with Crippen molar-refractivity contribution in [3.63, 3.8) is 0 Å². The Morgan fingerprint density at radius 2 is 1.94 bits per heavy atom. The van der Waals surface area contributed by atoms with E-state index in [4.69, 9.17) is 10.5 Å². The highest BCUT2D eigenvalue weighted by molar-refractivity contribution is 5.75. The van der Waals surface area contributed by atoms with Crippen LogP contribution in [0, 0.1) is 0 Å². The lowest BCUT2D eigenvalue weighted by Gasteiger charge is -2.33. The second-order valence-corrected chi connectivity index (χ2v) is 5.08. The number of rotatable bonds is 3. The Hall–Kier alpha value is -1.42. The number of hydrogen-bond acceptors (Lipinski definition) is 4. The van der Waals surface area contributed by atoms with Crippen LogP contribution in [0.15, 0.2) is 18.2 Å². The molecule has 0 aromatic heterocycles. The van der Waals surface area contributed by atoms with E-state index in [-0.39, 0.29) is 0 Å². The van der Waals surface area contributed by atoms with Gasteiger partial charge in [-0.3, -0.25) is 0 Å². The molecule has 1 saturated heterocycles. The molecule has 0 bridgehead atoms. The van der Waals surface area contributed by atoms with E-state index in [1.54, 1.807) is 0 Å². The van der Waals surface area contributed by atoms with E-state index in [0.717, 1.165) is 43.4 Å². The lowest BCUT2D eigenvalue weighted by molar-refractivity contribution is 0.296. The summed E-state index contributed by atoms with van der Waals surface area (Å²) in [5.41, 5.74) is 7.99. The van der Waals surface area contributed by atoms with Gasteiger partial charge in [0.2, 0.25) is 0 Å². The Bertz CT molecular complexity index is 416. The third-order valence-corrected chi connectivity index (χ3v) is 3.85. The zero-order chi connectivity index (χ0) is 12.4. The van der Waals surface area contributed by atoms with Crippen LogP contribution in [-0.4, -0.2) is 44.2 Å². The Morgan fingerprint density at radius 3 is 2.78 bits per heavy atom. The Kier molecular flexibility index (Phi) is 3.28. The van der Waals surface area contributed by atoms with Crippen LogP contribution in [0.3, 0.4) is 0 Å². The van der Waals surface area contributed by atoms with Crippen LogP contribution < -0.4 is 15.4 Å². The Balaban J connectivity index is 1.70. The van der Waals surface area contributed by atoms with Gasteiger partial charge in [0, 0.05) is 13.1 Å². The van der Waals surface area contributed by atoms with Crippen LogP contribution in [0.2, 0.25) is 0 Å². The molecule has 4 nitrogen and oxygen atoms in total. The van der Waals surface area contributed by atoms with Gasteiger partial charge in [0.1, 0.15) is 18.0 Å². The summed E-state index contributed by atoms with van der Waals surface area (Å²) in [6, 6.07) is 5.92. The highest BCUT2D eigenvalue weighted by Gasteiger charge is 2.21. The van der Waals surface area contributed by atoms with Crippen molar-refractivity contribution in [2.24, 2.45) is 0 Å². The standard InChI is InChI=1S/C14H21N3O/c15-12-4-3-5-13-14(12)17(10-11-18-13)9-8-16-6-1-2-7-16/h3-5H,1-2,6-11,15H2. The summed E-state index contributed by atoms with van der Waals surface area (Å²) in [5, 5.41) is 0. The van der Waals surface area contributed by atoms with Gasteiger partial charge in [0.15, 0.2) is 0 Å². The van der Waals surface area contributed by atoms with Crippen molar-refractivity contribution in [2.45, 2.75) is 12.8 Å². The number of nitrogens with zero attached hydrogens (tertiary/aromatic N) is 2. The number of benzene rings is 1. The van der Waals surface area contributed by atoms with Crippen LogP contribution in [0.5, 0.6) is 5.75 Å². The predicted octanol–water partition coefficient (Wildman–Crippen LogP) is 1.56. The number of anilines is 2. The van der Waals surface area contributed by atoms with E-state index >= 15 is 0 Å². The molecule has 2 N–H and O–H groups in total. The van der Waals surface area contributed by atoms with E-state index in [0.29, 0.717) is 0 Å². The van der Waals surface area contributed by atoms with Crippen LogP contribution in [0.4, 0.5) is 11.4 Å². The Morgan fingerprint density at radius 1 is 1.11 bits per heavy atom. The molecule has 0 unspecified atom stereocenters. The minimum absolute atomic E-state index is 0.760.